The smallest absolute Gasteiger partial charge is 0.220 e. The summed E-state index contributed by atoms with van der Waals surface area (Å²) in [5.74, 6) is 0.632. The number of methoxy groups -OCH3 is 1. The molecule has 0 aromatic rings. The summed E-state index contributed by atoms with van der Waals surface area (Å²) < 4.78 is 10.1. The van der Waals surface area contributed by atoms with Crippen LogP contribution < -0.4 is 10.6 Å². The number of rotatable bonds is 8. The molecule has 0 radical (unpaired) electrons. The topological polar surface area (TPSA) is 59.6 Å². The number of piperidine rings is 1. The van der Waals surface area contributed by atoms with Gasteiger partial charge in [0.05, 0.1) is 19.8 Å². The molecule has 1 heterocycles. The van der Waals surface area contributed by atoms with Crippen molar-refractivity contribution in [2.75, 3.05) is 46.6 Å². The van der Waals surface area contributed by atoms with Crippen LogP contribution in [-0.4, -0.2) is 52.5 Å². The Kier molecular flexibility index (Phi) is 7.96. The molecule has 1 fully saturated rings. The summed E-state index contributed by atoms with van der Waals surface area (Å²) in [5, 5.41) is 6.19. The molecule has 0 aromatic heterocycles. The first-order valence-corrected chi connectivity index (χ1v) is 6.37. The van der Waals surface area contributed by atoms with E-state index in [0.717, 1.165) is 19.5 Å². The largest absolute Gasteiger partial charge is 0.382 e. The Morgan fingerprint density at radius 3 is 3.00 bits per heavy atom. The third-order valence-electron chi connectivity index (χ3n) is 2.87. The van der Waals surface area contributed by atoms with Gasteiger partial charge in [0.25, 0.3) is 0 Å². The van der Waals surface area contributed by atoms with E-state index in [4.69, 9.17) is 9.47 Å². The van der Waals surface area contributed by atoms with Crippen molar-refractivity contribution in [3.05, 3.63) is 0 Å². The maximum absolute atomic E-state index is 11.6. The molecule has 5 nitrogen and oxygen atoms in total. The quantitative estimate of drug-likeness (QED) is 0.597. The number of amides is 1. The van der Waals surface area contributed by atoms with Crippen molar-refractivity contribution in [2.45, 2.75) is 19.3 Å². The van der Waals surface area contributed by atoms with Gasteiger partial charge in [0.2, 0.25) is 5.91 Å². The van der Waals surface area contributed by atoms with E-state index in [1.807, 2.05) is 0 Å². The molecule has 2 N–H and O–H groups in total. The molecule has 100 valence electrons. The van der Waals surface area contributed by atoms with Gasteiger partial charge in [0.1, 0.15) is 0 Å². The van der Waals surface area contributed by atoms with Gasteiger partial charge in [0.15, 0.2) is 0 Å². The SMILES string of the molecule is COCCOCCNC(=O)CC1CCCNC1. The predicted octanol–water partition coefficient (Wildman–Crippen LogP) is 0.155. The average Bonchev–Trinajstić information content (AvgIpc) is 2.35. The van der Waals surface area contributed by atoms with E-state index >= 15 is 0 Å². The van der Waals surface area contributed by atoms with E-state index in [2.05, 4.69) is 10.6 Å². The van der Waals surface area contributed by atoms with E-state index < -0.39 is 0 Å². The van der Waals surface area contributed by atoms with Gasteiger partial charge in [-0.2, -0.15) is 0 Å². The lowest BCUT2D eigenvalue weighted by Crippen LogP contribution is -2.35. The monoisotopic (exact) mass is 244 g/mol. The molecule has 1 rings (SSSR count). The Morgan fingerprint density at radius 2 is 2.29 bits per heavy atom. The van der Waals surface area contributed by atoms with Crippen LogP contribution in [0.15, 0.2) is 0 Å². The fraction of sp³-hybridized carbons (Fsp3) is 0.917. The van der Waals surface area contributed by atoms with E-state index in [9.17, 15) is 4.79 Å². The first kappa shape index (κ1) is 14.4. The third kappa shape index (κ3) is 7.31. The van der Waals surface area contributed by atoms with Gasteiger partial charge in [-0.05, 0) is 31.8 Å². The fourth-order valence-electron chi connectivity index (χ4n) is 1.94. The molecule has 1 aliphatic rings. The average molecular weight is 244 g/mol. The zero-order valence-corrected chi connectivity index (χ0v) is 10.7. The van der Waals surface area contributed by atoms with Gasteiger partial charge in [0, 0.05) is 20.1 Å². The molecule has 1 amide bonds. The maximum atomic E-state index is 11.6. The molecule has 0 spiro atoms. The normalized spacial score (nSPS) is 20.2. The van der Waals surface area contributed by atoms with Crippen molar-refractivity contribution in [3.8, 4) is 0 Å². The Bertz CT molecular complexity index is 206. The summed E-state index contributed by atoms with van der Waals surface area (Å²) in [4.78, 5) is 11.6. The van der Waals surface area contributed by atoms with Crippen LogP contribution in [0.5, 0.6) is 0 Å². The van der Waals surface area contributed by atoms with Crippen LogP contribution in [0, 0.1) is 5.92 Å². The van der Waals surface area contributed by atoms with Gasteiger partial charge in [-0.25, -0.2) is 0 Å². The van der Waals surface area contributed by atoms with Gasteiger partial charge >= 0.3 is 0 Å². The molecule has 0 bridgehead atoms. The van der Waals surface area contributed by atoms with Gasteiger partial charge in [-0.15, -0.1) is 0 Å². The van der Waals surface area contributed by atoms with Crippen molar-refractivity contribution in [3.63, 3.8) is 0 Å². The van der Waals surface area contributed by atoms with E-state index in [0.29, 0.717) is 38.7 Å². The first-order valence-electron chi connectivity index (χ1n) is 6.37. The summed E-state index contributed by atoms with van der Waals surface area (Å²) in [7, 11) is 1.64. The highest BCUT2D eigenvalue weighted by Gasteiger charge is 2.16. The van der Waals surface area contributed by atoms with Gasteiger partial charge in [-0.1, -0.05) is 0 Å². The molecule has 0 saturated carbocycles. The number of hydrogen-bond acceptors (Lipinski definition) is 4. The zero-order valence-electron chi connectivity index (χ0n) is 10.7. The Labute approximate surface area is 103 Å². The number of carbonyl (C=O) groups is 1. The van der Waals surface area contributed by atoms with Crippen LogP contribution in [0.2, 0.25) is 0 Å². The molecular weight excluding hydrogens is 220 g/mol. The summed E-state index contributed by atoms with van der Waals surface area (Å²) in [6, 6.07) is 0. The molecule has 1 aliphatic heterocycles. The Morgan fingerprint density at radius 1 is 1.41 bits per heavy atom. The molecule has 0 aliphatic carbocycles. The molecule has 1 unspecified atom stereocenters. The maximum Gasteiger partial charge on any atom is 0.220 e. The summed E-state index contributed by atoms with van der Waals surface area (Å²) in [6.07, 6.45) is 2.97. The minimum Gasteiger partial charge on any atom is -0.382 e. The lowest BCUT2D eigenvalue weighted by molar-refractivity contribution is -0.122. The number of ether oxygens (including phenoxy) is 2. The molecule has 5 heteroatoms. The van der Waals surface area contributed by atoms with E-state index in [-0.39, 0.29) is 5.91 Å². The van der Waals surface area contributed by atoms with Crippen LogP contribution in [0.4, 0.5) is 0 Å². The highest BCUT2D eigenvalue weighted by atomic mass is 16.5. The summed E-state index contributed by atoms with van der Waals surface area (Å²) in [5.41, 5.74) is 0. The van der Waals surface area contributed by atoms with Crippen molar-refractivity contribution >= 4 is 5.91 Å². The highest BCUT2D eigenvalue weighted by Crippen LogP contribution is 2.13. The van der Waals surface area contributed by atoms with Crippen LogP contribution >= 0.6 is 0 Å². The minimum atomic E-state index is 0.133. The second kappa shape index (κ2) is 9.39. The fourth-order valence-corrected chi connectivity index (χ4v) is 1.94. The van der Waals surface area contributed by atoms with Crippen molar-refractivity contribution in [1.82, 2.24) is 10.6 Å². The lowest BCUT2D eigenvalue weighted by atomic mass is 9.96. The first-order chi connectivity index (χ1) is 8.33. The number of nitrogens with one attached hydrogen (secondary N) is 2. The van der Waals surface area contributed by atoms with Crippen LogP contribution in [-0.2, 0) is 14.3 Å². The van der Waals surface area contributed by atoms with Crippen LogP contribution in [0.1, 0.15) is 19.3 Å². The van der Waals surface area contributed by atoms with Gasteiger partial charge in [-0.3, -0.25) is 4.79 Å². The molecule has 17 heavy (non-hydrogen) atoms. The summed E-state index contributed by atoms with van der Waals surface area (Å²) >= 11 is 0. The standard InChI is InChI=1S/C12H24N2O3/c1-16-7-8-17-6-5-14-12(15)9-11-3-2-4-13-10-11/h11,13H,2-10H2,1H3,(H,14,15). The second-order valence-electron chi connectivity index (χ2n) is 4.37. The Balaban J connectivity index is 1.93. The molecule has 1 saturated heterocycles. The predicted molar refractivity (Wildman–Crippen MR) is 65.9 cm³/mol. The van der Waals surface area contributed by atoms with Gasteiger partial charge < -0.3 is 20.1 Å². The van der Waals surface area contributed by atoms with Crippen molar-refractivity contribution in [2.24, 2.45) is 5.92 Å². The zero-order chi connectivity index (χ0) is 12.3. The molecule has 0 aromatic carbocycles. The summed E-state index contributed by atoms with van der Waals surface area (Å²) in [6.45, 7) is 4.38. The number of hydrogen-bond donors (Lipinski definition) is 2. The van der Waals surface area contributed by atoms with Crippen LogP contribution in [0.25, 0.3) is 0 Å². The van der Waals surface area contributed by atoms with Crippen LogP contribution in [0.3, 0.4) is 0 Å². The highest BCUT2D eigenvalue weighted by molar-refractivity contribution is 5.76. The molecular formula is C12H24N2O3. The van der Waals surface area contributed by atoms with E-state index in [1.54, 1.807) is 7.11 Å². The van der Waals surface area contributed by atoms with E-state index in [1.165, 1.54) is 6.42 Å². The minimum absolute atomic E-state index is 0.133. The third-order valence-corrected chi connectivity index (χ3v) is 2.87. The van der Waals surface area contributed by atoms with Crippen molar-refractivity contribution in [1.29, 1.82) is 0 Å². The molecule has 1 atom stereocenters. The number of carbonyl (C=O) groups excluding carboxylic acids is 1. The second-order valence-corrected chi connectivity index (χ2v) is 4.37. The van der Waals surface area contributed by atoms with Crippen molar-refractivity contribution < 1.29 is 14.3 Å². The lowest BCUT2D eigenvalue weighted by Gasteiger charge is -2.22. The Hall–Kier alpha value is -0.650.